The van der Waals surface area contributed by atoms with Crippen LogP contribution in [0.2, 0.25) is 0 Å². The number of benzene rings is 2. The number of ether oxygens (including phenoxy) is 1. The van der Waals surface area contributed by atoms with Crippen LogP contribution in [0.1, 0.15) is 5.56 Å². The Morgan fingerprint density at radius 1 is 1.27 bits per heavy atom. The standard InChI is InChI=1S/C16H13BrN2O3/c1-9-8-10(6-7-11(9)17)18-15(20)14-16(21)19-12-4-2-3-5-13(12)22-14/h2-8,14H,1H3,(H,18,20)(H,19,21). The summed E-state index contributed by atoms with van der Waals surface area (Å²) in [5.74, 6) is -0.506. The lowest BCUT2D eigenvalue weighted by atomic mass is 10.2. The molecule has 5 nitrogen and oxygen atoms in total. The highest BCUT2D eigenvalue weighted by atomic mass is 79.9. The maximum atomic E-state index is 12.3. The normalized spacial score (nSPS) is 16.3. The van der Waals surface area contributed by atoms with Crippen LogP contribution >= 0.6 is 15.9 Å². The van der Waals surface area contributed by atoms with Crippen molar-refractivity contribution >= 4 is 39.1 Å². The van der Waals surface area contributed by atoms with Gasteiger partial charge < -0.3 is 15.4 Å². The van der Waals surface area contributed by atoms with Gasteiger partial charge in [-0.1, -0.05) is 28.1 Å². The number of hydrogen-bond donors (Lipinski definition) is 2. The number of anilines is 2. The van der Waals surface area contributed by atoms with Gasteiger partial charge in [0.1, 0.15) is 5.75 Å². The molecule has 2 aromatic rings. The predicted molar refractivity (Wildman–Crippen MR) is 87.0 cm³/mol. The second kappa shape index (κ2) is 5.81. The SMILES string of the molecule is Cc1cc(NC(=O)C2Oc3ccccc3NC2=O)ccc1Br. The molecule has 0 radical (unpaired) electrons. The van der Waals surface area contributed by atoms with Gasteiger partial charge in [0, 0.05) is 10.2 Å². The van der Waals surface area contributed by atoms with Crippen molar-refractivity contribution in [1.29, 1.82) is 0 Å². The van der Waals surface area contributed by atoms with Crippen LogP contribution in [0.4, 0.5) is 11.4 Å². The maximum Gasteiger partial charge on any atom is 0.275 e. The Labute approximate surface area is 135 Å². The Balaban J connectivity index is 1.78. The van der Waals surface area contributed by atoms with Crippen LogP contribution in [0.15, 0.2) is 46.9 Å². The van der Waals surface area contributed by atoms with Crippen LogP contribution in [-0.4, -0.2) is 17.9 Å². The molecule has 22 heavy (non-hydrogen) atoms. The number of hydrogen-bond acceptors (Lipinski definition) is 3. The summed E-state index contributed by atoms with van der Waals surface area (Å²) in [6, 6.07) is 12.4. The summed E-state index contributed by atoms with van der Waals surface area (Å²) in [6.45, 7) is 1.92. The van der Waals surface area contributed by atoms with Crippen LogP contribution in [0, 0.1) is 6.92 Å². The zero-order valence-corrected chi connectivity index (χ0v) is 13.3. The van der Waals surface area contributed by atoms with E-state index in [4.69, 9.17) is 4.74 Å². The minimum Gasteiger partial charge on any atom is -0.468 e. The van der Waals surface area contributed by atoms with Gasteiger partial charge >= 0.3 is 0 Å². The Morgan fingerprint density at radius 2 is 2.05 bits per heavy atom. The number of carbonyl (C=O) groups is 2. The molecule has 2 N–H and O–H groups in total. The van der Waals surface area contributed by atoms with Crippen LogP contribution in [0.3, 0.4) is 0 Å². The molecule has 0 bridgehead atoms. The van der Waals surface area contributed by atoms with E-state index in [1.807, 2.05) is 19.1 Å². The minimum absolute atomic E-state index is 0.481. The topological polar surface area (TPSA) is 67.4 Å². The summed E-state index contributed by atoms with van der Waals surface area (Å²) >= 11 is 3.40. The van der Waals surface area contributed by atoms with E-state index >= 15 is 0 Å². The third-order valence-electron chi connectivity index (χ3n) is 3.29. The lowest BCUT2D eigenvalue weighted by molar-refractivity contribution is -0.133. The Morgan fingerprint density at radius 3 is 2.82 bits per heavy atom. The van der Waals surface area contributed by atoms with Crippen molar-refractivity contribution in [2.45, 2.75) is 13.0 Å². The van der Waals surface area contributed by atoms with Crippen molar-refractivity contribution in [3.05, 3.63) is 52.5 Å². The van der Waals surface area contributed by atoms with Gasteiger partial charge in [-0.25, -0.2) is 0 Å². The fraction of sp³-hybridized carbons (Fsp3) is 0.125. The van der Waals surface area contributed by atoms with Gasteiger partial charge in [0.25, 0.3) is 17.9 Å². The number of fused-ring (bicyclic) bond motifs is 1. The zero-order chi connectivity index (χ0) is 15.7. The van der Waals surface area contributed by atoms with E-state index in [9.17, 15) is 9.59 Å². The van der Waals surface area contributed by atoms with E-state index in [2.05, 4.69) is 26.6 Å². The molecule has 1 aliphatic heterocycles. The fourth-order valence-corrected chi connectivity index (χ4v) is 2.40. The van der Waals surface area contributed by atoms with Crippen molar-refractivity contribution in [2.24, 2.45) is 0 Å². The van der Waals surface area contributed by atoms with Gasteiger partial charge in [-0.2, -0.15) is 0 Å². The molecule has 0 saturated carbocycles. The molecule has 0 fully saturated rings. The smallest absolute Gasteiger partial charge is 0.275 e. The van der Waals surface area contributed by atoms with Crippen LogP contribution in [0.25, 0.3) is 0 Å². The minimum atomic E-state index is -1.21. The van der Waals surface area contributed by atoms with E-state index in [1.165, 1.54) is 0 Å². The van der Waals surface area contributed by atoms with E-state index in [1.54, 1.807) is 30.3 Å². The number of para-hydroxylation sites is 2. The first kappa shape index (κ1) is 14.6. The van der Waals surface area contributed by atoms with E-state index in [-0.39, 0.29) is 0 Å². The average Bonchev–Trinajstić information content (AvgIpc) is 2.50. The molecule has 2 amide bonds. The predicted octanol–water partition coefficient (Wildman–Crippen LogP) is 3.10. The first-order valence-corrected chi connectivity index (χ1v) is 7.47. The monoisotopic (exact) mass is 360 g/mol. The van der Waals surface area contributed by atoms with Crippen molar-refractivity contribution < 1.29 is 14.3 Å². The highest BCUT2D eigenvalue weighted by Gasteiger charge is 2.33. The van der Waals surface area contributed by atoms with E-state index in [0.717, 1.165) is 10.0 Å². The first-order valence-electron chi connectivity index (χ1n) is 6.68. The third-order valence-corrected chi connectivity index (χ3v) is 4.18. The number of aryl methyl sites for hydroxylation is 1. The molecule has 6 heteroatoms. The molecule has 0 aromatic heterocycles. The van der Waals surface area contributed by atoms with Gasteiger partial charge in [-0.3, -0.25) is 9.59 Å². The van der Waals surface area contributed by atoms with Crippen LogP contribution < -0.4 is 15.4 Å². The third kappa shape index (κ3) is 2.82. The summed E-state index contributed by atoms with van der Waals surface area (Å²) < 4.78 is 6.45. The summed E-state index contributed by atoms with van der Waals surface area (Å²) in [4.78, 5) is 24.3. The van der Waals surface area contributed by atoms with Gasteiger partial charge in [-0.05, 0) is 42.8 Å². The van der Waals surface area contributed by atoms with Gasteiger partial charge in [0.05, 0.1) is 5.69 Å². The molecule has 0 saturated heterocycles. The molecule has 1 atom stereocenters. The molecule has 1 unspecified atom stereocenters. The molecule has 112 valence electrons. The number of amides is 2. The number of rotatable bonds is 2. The summed E-state index contributed by atoms with van der Waals surface area (Å²) in [6.07, 6.45) is -1.21. The van der Waals surface area contributed by atoms with Gasteiger partial charge in [-0.15, -0.1) is 0 Å². The largest absolute Gasteiger partial charge is 0.468 e. The average molecular weight is 361 g/mol. The molecule has 2 aromatic carbocycles. The van der Waals surface area contributed by atoms with Crippen LogP contribution in [0.5, 0.6) is 5.75 Å². The Bertz CT molecular complexity index is 761. The van der Waals surface area contributed by atoms with Crippen molar-refractivity contribution in [3.63, 3.8) is 0 Å². The van der Waals surface area contributed by atoms with Crippen molar-refractivity contribution in [2.75, 3.05) is 10.6 Å². The van der Waals surface area contributed by atoms with E-state index < -0.39 is 17.9 Å². The Kier molecular flexibility index (Phi) is 3.85. The van der Waals surface area contributed by atoms with Crippen molar-refractivity contribution in [1.82, 2.24) is 0 Å². The molecule has 0 spiro atoms. The van der Waals surface area contributed by atoms with E-state index in [0.29, 0.717) is 17.1 Å². The summed E-state index contributed by atoms with van der Waals surface area (Å²) in [5, 5.41) is 5.36. The molecular formula is C16H13BrN2O3. The fourth-order valence-electron chi connectivity index (χ4n) is 2.15. The zero-order valence-electron chi connectivity index (χ0n) is 11.7. The quantitative estimate of drug-likeness (QED) is 0.808. The molecular weight excluding hydrogens is 348 g/mol. The summed E-state index contributed by atoms with van der Waals surface area (Å²) in [7, 11) is 0. The molecule has 1 heterocycles. The van der Waals surface area contributed by atoms with Crippen molar-refractivity contribution in [3.8, 4) is 5.75 Å². The van der Waals surface area contributed by atoms with Gasteiger partial charge in [0.2, 0.25) is 0 Å². The highest BCUT2D eigenvalue weighted by Crippen LogP contribution is 2.29. The van der Waals surface area contributed by atoms with Gasteiger partial charge in [0.15, 0.2) is 0 Å². The first-order chi connectivity index (χ1) is 10.5. The number of nitrogens with one attached hydrogen (secondary N) is 2. The second-order valence-corrected chi connectivity index (χ2v) is 5.79. The molecule has 3 rings (SSSR count). The Hall–Kier alpha value is -2.34. The number of halogens is 1. The lowest BCUT2D eigenvalue weighted by Gasteiger charge is -2.24. The highest BCUT2D eigenvalue weighted by molar-refractivity contribution is 9.10. The molecule has 0 aliphatic carbocycles. The maximum absolute atomic E-state index is 12.3. The number of carbonyl (C=O) groups excluding carboxylic acids is 2. The molecule has 1 aliphatic rings. The van der Waals surface area contributed by atoms with Crippen LogP contribution in [-0.2, 0) is 9.59 Å². The second-order valence-electron chi connectivity index (χ2n) is 4.94. The summed E-state index contributed by atoms with van der Waals surface area (Å²) in [5.41, 5.74) is 2.16. The lowest BCUT2D eigenvalue weighted by Crippen LogP contribution is -2.45.